The van der Waals surface area contributed by atoms with Crippen molar-refractivity contribution in [2.45, 2.75) is 25.1 Å². The van der Waals surface area contributed by atoms with Crippen molar-refractivity contribution in [3.05, 3.63) is 29.3 Å². The van der Waals surface area contributed by atoms with Crippen molar-refractivity contribution >= 4 is 12.4 Å². The summed E-state index contributed by atoms with van der Waals surface area (Å²) in [6.07, 6.45) is -3.25. The molecule has 0 amide bonds. The quantitative estimate of drug-likeness (QED) is 0.810. The van der Waals surface area contributed by atoms with E-state index < -0.39 is 11.7 Å². The Balaban J connectivity index is 0.00000288. The molecule has 0 spiro atoms. The topological polar surface area (TPSA) is 44.7 Å². The molecule has 0 unspecified atom stereocenters. The van der Waals surface area contributed by atoms with Crippen molar-refractivity contribution in [3.63, 3.8) is 0 Å². The smallest absolute Gasteiger partial charge is 0.416 e. The van der Waals surface area contributed by atoms with Crippen molar-refractivity contribution in [3.8, 4) is 5.75 Å². The average molecular weight is 369 g/mol. The highest BCUT2D eigenvalue weighted by molar-refractivity contribution is 5.85. The molecule has 0 aromatic heterocycles. The standard InChI is InChI=1S/C16H23F3N2O2.ClH/c1-23-14-10-12(9-13(11-14)16(17,18)19)15(3-2-8-22)21-6-4-20-5-7-21;/h9-11,15,20,22H,2-8H2,1H3;1H/t15-;/m1./s1. The third kappa shape index (κ3) is 5.51. The molecular weight excluding hydrogens is 345 g/mol. The number of hydrogen-bond donors (Lipinski definition) is 2. The lowest BCUT2D eigenvalue weighted by Gasteiger charge is -2.35. The predicted octanol–water partition coefficient (Wildman–Crippen LogP) is 2.85. The van der Waals surface area contributed by atoms with Crippen LogP contribution >= 0.6 is 12.4 Å². The van der Waals surface area contributed by atoms with Crippen LogP contribution in [0.3, 0.4) is 0 Å². The summed E-state index contributed by atoms with van der Waals surface area (Å²) in [5.74, 6) is 0.207. The number of rotatable bonds is 6. The molecule has 0 radical (unpaired) electrons. The van der Waals surface area contributed by atoms with Crippen LogP contribution in [0.2, 0.25) is 0 Å². The molecule has 24 heavy (non-hydrogen) atoms. The molecule has 1 aliphatic rings. The number of benzene rings is 1. The van der Waals surface area contributed by atoms with Gasteiger partial charge in [-0.25, -0.2) is 0 Å². The van der Waals surface area contributed by atoms with Gasteiger partial charge in [-0.2, -0.15) is 13.2 Å². The molecule has 1 heterocycles. The summed E-state index contributed by atoms with van der Waals surface area (Å²) in [6, 6.07) is 3.73. The summed E-state index contributed by atoms with van der Waals surface area (Å²) in [5, 5.41) is 12.3. The zero-order chi connectivity index (χ0) is 16.9. The lowest BCUT2D eigenvalue weighted by Crippen LogP contribution is -2.45. The molecule has 2 rings (SSSR count). The first-order valence-corrected chi connectivity index (χ1v) is 7.77. The lowest BCUT2D eigenvalue weighted by atomic mass is 9.97. The number of piperazine rings is 1. The number of nitrogens with one attached hydrogen (secondary N) is 1. The number of nitrogens with zero attached hydrogens (tertiary/aromatic N) is 1. The SMILES string of the molecule is COc1cc([C@@H](CCCO)N2CCNCC2)cc(C(F)(F)F)c1.Cl. The van der Waals surface area contributed by atoms with E-state index in [4.69, 9.17) is 9.84 Å². The molecule has 8 heteroatoms. The highest BCUT2D eigenvalue weighted by Gasteiger charge is 2.33. The van der Waals surface area contributed by atoms with E-state index in [2.05, 4.69) is 10.2 Å². The maximum atomic E-state index is 13.1. The number of alkyl halides is 3. The normalized spacial score (nSPS) is 17.2. The molecule has 1 fully saturated rings. The fraction of sp³-hybridized carbons (Fsp3) is 0.625. The van der Waals surface area contributed by atoms with Gasteiger partial charge in [0, 0.05) is 38.8 Å². The van der Waals surface area contributed by atoms with E-state index in [0.717, 1.165) is 32.2 Å². The van der Waals surface area contributed by atoms with Gasteiger partial charge in [0.05, 0.1) is 12.7 Å². The largest absolute Gasteiger partial charge is 0.497 e. The Bertz CT molecular complexity index is 509. The highest BCUT2D eigenvalue weighted by Crippen LogP contribution is 2.36. The Morgan fingerprint density at radius 1 is 1.25 bits per heavy atom. The minimum absolute atomic E-state index is 0. The number of hydrogen-bond acceptors (Lipinski definition) is 4. The summed E-state index contributed by atoms with van der Waals surface area (Å²) in [4.78, 5) is 2.17. The predicted molar refractivity (Wildman–Crippen MR) is 88.7 cm³/mol. The summed E-state index contributed by atoms with van der Waals surface area (Å²) >= 11 is 0. The number of ether oxygens (including phenoxy) is 1. The van der Waals surface area contributed by atoms with Gasteiger partial charge in [-0.15, -0.1) is 12.4 Å². The van der Waals surface area contributed by atoms with Crippen LogP contribution in [0.4, 0.5) is 13.2 Å². The van der Waals surface area contributed by atoms with Crippen LogP contribution in [-0.2, 0) is 6.18 Å². The van der Waals surface area contributed by atoms with Crippen LogP contribution in [0.25, 0.3) is 0 Å². The Labute approximate surface area is 146 Å². The average Bonchev–Trinajstić information content (AvgIpc) is 2.55. The van der Waals surface area contributed by atoms with Gasteiger partial charge in [0.25, 0.3) is 0 Å². The molecule has 1 aliphatic heterocycles. The third-order valence-corrected chi connectivity index (χ3v) is 4.10. The molecule has 0 aliphatic carbocycles. The summed E-state index contributed by atoms with van der Waals surface area (Å²) in [7, 11) is 1.37. The van der Waals surface area contributed by atoms with Crippen LogP contribution in [0.1, 0.15) is 30.0 Å². The van der Waals surface area contributed by atoms with Crippen LogP contribution < -0.4 is 10.1 Å². The zero-order valence-electron chi connectivity index (χ0n) is 13.6. The maximum absolute atomic E-state index is 13.1. The van der Waals surface area contributed by atoms with E-state index in [1.54, 1.807) is 6.07 Å². The van der Waals surface area contributed by atoms with Crippen LogP contribution in [-0.4, -0.2) is 49.9 Å². The van der Waals surface area contributed by atoms with Crippen LogP contribution in [0.5, 0.6) is 5.75 Å². The molecule has 4 nitrogen and oxygen atoms in total. The second-order valence-corrected chi connectivity index (χ2v) is 5.66. The van der Waals surface area contributed by atoms with Gasteiger partial charge < -0.3 is 15.2 Å². The van der Waals surface area contributed by atoms with Crippen molar-refractivity contribution in [1.82, 2.24) is 10.2 Å². The van der Waals surface area contributed by atoms with Crippen LogP contribution in [0.15, 0.2) is 18.2 Å². The first-order valence-electron chi connectivity index (χ1n) is 7.77. The first-order chi connectivity index (χ1) is 11.0. The second-order valence-electron chi connectivity index (χ2n) is 5.66. The second kappa shape index (κ2) is 9.46. The molecule has 1 saturated heterocycles. The number of aliphatic hydroxyl groups excluding tert-OH is 1. The van der Waals surface area contributed by atoms with Gasteiger partial charge in [0.15, 0.2) is 0 Å². The van der Waals surface area contributed by atoms with Crippen molar-refractivity contribution in [1.29, 1.82) is 0 Å². The van der Waals surface area contributed by atoms with Gasteiger partial charge in [-0.05, 0) is 36.6 Å². The van der Waals surface area contributed by atoms with Gasteiger partial charge in [0.2, 0.25) is 0 Å². The molecule has 2 N–H and O–H groups in total. The minimum atomic E-state index is -4.41. The van der Waals surface area contributed by atoms with Gasteiger partial charge >= 0.3 is 6.18 Å². The van der Waals surface area contributed by atoms with Gasteiger partial charge in [0.1, 0.15) is 5.75 Å². The van der Waals surface area contributed by atoms with E-state index in [0.29, 0.717) is 18.4 Å². The summed E-state index contributed by atoms with van der Waals surface area (Å²) in [6.45, 7) is 3.19. The number of methoxy groups -OCH3 is 1. The van der Waals surface area contributed by atoms with E-state index in [1.807, 2.05) is 0 Å². The molecule has 1 atom stereocenters. The molecular formula is C16H24ClF3N2O2. The lowest BCUT2D eigenvalue weighted by molar-refractivity contribution is -0.137. The van der Waals surface area contributed by atoms with Crippen molar-refractivity contribution in [2.75, 3.05) is 39.9 Å². The fourth-order valence-corrected chi connectivity index (χ4v) is 2.93. The van der Waals surface area contributed by atoms with Crippen LogP contribution in [0, 0.1) is 0 Å². The Morgan fingerprint density at radius 3 is 2.46 bits per heavy atom. The van der Waals surface area contributed by atoms with E-state index in [-0.39, 0.29) is 30.8 Å². The molecule has 0 bridgehead atoms. The third-order valence-electron chi connectivity index (χ3n) is 4.10. The van der Waals surface area contributed by atoms with E-state index in [9.17, 15) is 13.2 Å². The molecule has 1 aromatic rings. The minimum Gasteiger partial charge on any atom is -0.497 e. The Morgan fingerprint density at radius 2 is 1.92 bits per heavy atom. The van der Waals surface area contributed by atoms with Crippen molar-refractivity contribution < 1.29 is 23.0 Å². The molecule has 1 aromatic carbocycles. The monoisotopic (exact) mass is 368 g/mol. The molecule has 138 valence electrons. The van der Waals surface area contributed by atoms with Gasteiger partial charge in [-0.3, -0.25) is 4.90 Å². The summed E-state index contributed by atoms with van der Waals surface area (Å²) in [5.41, 5.74) is -0.108. The Hall–Kier alpha value is -1.02. The van der Waals surface area contributed by atoms with E-state index in [1.165, 1.54) is 13.2 Å². The zero-order valence-corrected chi connectivity index (χ0v) is 14.4. The van der Waals surface area contributed by atoms with Crippen molar-refractivity contribution in [2.24, 2.45) is 0 Å². The number of halogens is 4. The maximum Gasteiger partial charge on any atom is 0.416 e. The number of aliphatic hydroxyl groups is 1. The Kier molecular flexibility index (Phi) is 8.29. The fourth-order valence-electron chi connectivity index (χ4n) is 2.93. The first kappa shape index (κ1) is 21.0. The highest BCUT2D eigenvalue weighted by atomic mass is 35.5. The molecule has 0 saturated carbocycles. The summed E-state index contributed by atoms with van der Waals surface area (Å²) < 4.78 is 44.4. The van der Waals surface area contributed by atoms with Gasteiger partial charge in [-0.1, -0.05) is 0 Å². The van der Waals surface area contributed by atoms with E-state index >= 15 is 0 Å².